The number of hydrogen-bond donors (Lipinski definition) is 2. The van der Waals surface area contributed by atoms with Crippen LogP contribution in [-0.4, -0.2) is 37.4 Å². The molecule has 8 heteroatoms. The van der Waals surface area contributed by atoms with Crippen LogP contribution in [0, 0.1) is 5.92 Å². The topological polar surface area (TPSA) is 91.7 Å². The van der Waals surface area contributed by atoms with Gasteiger partial charge in [0.05, 0.1) is 12.2 Å². The van der Waals surface area contributed by atoms with Crippen molar-refractivity contribution in [1.82, 2.24) is 10.6 Å². The Morgan fingerprint density at radius 2 is 1.88 bits per heavy atom. The molecule has 26 heavy (non-hydrogen) atoms. The normalized spacial score (nSPS) is 16.6. The van der Waals surface area contributed by atoms with Crippen LogP contribution in [0.15, 0.2) is 51.6 Å². The van der Waals surface area contributed by atoms with Crippen LogP contribution in [0.2, 0.25) is 0 Å². The lowest BCUT2D eigenvalue weighted by molar-refractivity contribution is -0.126. The van der Waals surface area contributed by atoms with Gasteiger partial charge in [0.1, 0.15) is 0 Å². The van der Waals surface area contributed by atoms with Crippen LogP contribution in [0.4, 0.5) is 5.69 Å². The van der Waals surface area contributed by atoms with Crippen molar-refractivity contribution in [3.05, 3.63) is 52.9 Å². The van der Waals surface area contributed by atoms with Crippen LogP contribution in [0.1, 0.15) is 17.0 Å². The van der Waals surface area contributed by atoms with Gasteiger partial charge >= 0.3 is 0 Å². The average Bonchev–Trinajstić information content (AvgIpc) is 3.29. The van der Waals surface area contributed by atoms with Crippen molar-refractivity contribution in [2.45, 2.75) is 6.42 Å². The lowest BCUT2D eigenvalue weighted by Crippen LogP contribution is -2.38. The summed E-state index contributed by atoms with van der Waals surface area (Å²) in [6.07, 6.45) is 1.60. The lowest BCUT2D eigenvalue weighted by atomic mass is 10.1. The number of carbonyl (C=O) groups is 3. The summed E-state index contributed by atoms with van der Waals surface area (Å²) in [5.74, 6) is -0.764. The maximum atomic E-state index is 12.3. The molecule has 2 aromatic rings. The van der Waals surface area contributed by atoms with Gasteiger partial charge in [-0.25, -0.2) is 0 Å². The molecule has 7 nitrogen and oxygen atoms in total. The third kappa shape index (κ3) is 4.32. The van der Waals surface area contributed by atoms with Crippen molar-refractivity contribution < 1.29 is 18.8 Å². The van der Waals surface area contributed by atoms with Crippen LogP contribution in [0.25, 0.3) is 0 Å². The highest BCUT2D eigenvalue weighted by Gasteiger charge is 2.34. The summed E-state index contributed by atoms with van der Waals surface area (Å²) in [5, 5.41) is 5.41. The van der Waals surface area contributed by atoms with Crippen molar-refractivity contribution in [3.63, 3.8) is 0 Å². The molecule has 2 heterocycles. The SMILES string of the molecule is O=C(NCCNC(=O)C1CC(=O)N(c2ccc(Br)cc2)C1)c1ccco1. The van der Waals surface area contributed by atoms with E-state index in [1.54, 1.807) is 17.0 Å². The molecule has 0 aliphatic carbocycles. The summed E-state index contributed by atoms with van der Waals surface area (Å²) in [6.45, 7) is 0.918. The van der Waals surface area contributed by atoms with E-state index in [4.69, 9.17) is 4.42 Å². The van der Waals surface area contributed by atoms with E-state index < -0.39 is 5.92 Å². The Morgan fingerprint density at radius 1 is 1.15 bits per heavy atom. The molecule has 1 unspecified atom stereocenters. The molecule has 1 aromatic heterocycles. The predicted molar refractivity (Wildman–Crippen MR) is 98.7 cm³/mol. The molecule has 2 N–H and O–H groups in total. The van der Waals surface area contributed by atoms with Gasteiger partial charge in [0, 0.05) is 36.2 Å². The first-order chi connectivity index (χ1) is 12.5. The molecule has 1 aromatic carbocycles. The Kier molecular flexibility index (Phi) is 5.72. The molecule has 1 fully saturated rings. The molecular weight excluding hydrogens is 402 g/mol. The number of anilines is 1. The standard InChI is InChI=1S/C18H18BrN3O4/c19-13-3-5-14(6-4-13)22-11-12(10-16(22)23)17(24)20-7-8-21-18(25)15-2-1-9-26-15/h1-6,9,12H,7-8,10-11H2,(H,20,24)(H,21,25). The minimum Gasteiger partial charge on any atom is -0.459 e. The molecule has 0 bridgehead atoms. The second-order valence-corrected chi connectivity index (χ2v) is 6.82. The van der Waals surface area contributed by atoms with Gasteiger partial charge in [0.2, 0.25) is 11.8 Å². The van der Waals surface area contributed by atoms with Gasteiger partial charge in [-0.2, -0.15) is 0 Å². The van der Waals surface area contributed by atoms with Gasteiger partial charge in [-0.15, -0.1) is 0 Å². The fraction of sp³-hybridized carbons (Fsp3) is 0.278. The zero-order chi connectivity index (χ0) is 18.5. The number of rotatable bonds is 6. The van der Waals surface area contributed by atoms with E-state index in [1.165, 1.54) is 6.26 Å². The Morgan fingerprint density at radius 3 is 2.58 bits per heavy atom. The number of halogens is 1. The summed E-state index contributed by atoms with van der Waals surface area (Å²) in [6, 6.07) is 10.6. The number of nitrogens with zero attached hydrogens (tertiary/aromatic N) is 1. The van der Waals surface area contributed by atoms with Crippen molar-refractivity contribution in [2.24, 2.45) is 5.92 Å². The summed E-state index contributed by atoms with van der Waals surface area (Å²) in [7, 11) is 0. The largest absolute Gasteiger partial charge is 0.459 e. The van der Waals surface area contributed by atoms with Gasteiger partial charge in [-0.3, -0.25) is 14.4 Å². The van der Waals surface area contributed by atoms with Crippen LogP contribution >= 0.6 is 15.9 Å². The zero-order valence-electron chi connectivity index (χ0n) is 13.9. The van der Waals surface area contributed by atoms with Crippen LogP contribution < -0.4 is 15.5 Å². The predicted octanol–water partition coefficient (Wildman–Crippen LogP) is 1.94. The highest BCUT2D eigenvalue weighted by atomic mass is 79.9. The third-order valence-electron chi connectivity index (χ3n) is 4.09. The highest BCUT2D eigenvalue weighted by Crippen LogP contribution is 2.26. The molecule has 1 aliphatic heterocycles. The van der Waals surface area contributed by atoms with Gasteiger partial charge in [0.25, 0.3) is 5.91 Å². The van der Waals surface area contributed by atoms with E-state index in [0.717, 1.165) is 10.2 Å². The maximum Gasteiger partial charge on any atom is 0.287 e. The summed E-state index contributed by atoms with van der Waals surface area (Å²) < 4.78 is 5.91. The lowest BCUT2D eigenvalue weighted by Gasteiger charge is -2.16. The first-order valence-corrected chi connectivity index (χ1v) is 8.99. The number of nitrogens with one attached hydrogen (secondary N) is 2. The van der Waals surface area contributed by atoms with Gasteiger partial charge in [0.15, 0.2) is 5.76 Å². The summed E-state index contributed by atoms with van der Waals surface area (Å²) >= 11 is 3.36. The van der Waals surface area contributed by atoms with Gasteiger partial charge < -0.3 is 20.0 Å². The molecule has 1 saturated heterocycles. The molecule has 3 amide bonds. The van der Waals surface area contributed by atoms with Crippen molar-refractivity contribution >= 4 is 39.3 Å². The first kappa shape index (κ1) is 18.2. The quantitative estimate of drug-likeness (QED) is 0.699. The van der Waals surface area contributed by atoms with E-state index in [0.29, 0.717) is 6.54 Å². The first-order valence-electron chi connectivity index (χ1n) is 8.20. The molecule has 0 spiro atoms. The summed E-state index contributed by atoms with van der Waals surface area (Å²) in [5.41, 5.74) is 0.777. The highest BCUT2D eigenvalue weighted by molar-refractivity contribution is 9.10. The van der Waals surface area contributed by atoms with Crippen molar-refractivity contribution in [1.29, 1.82) is 0 Å². The molecule has 0 radical (unpaired) electrons. The smallest absolute Gasteiger partial charge is 0.287 e. The molecule has 0 saturated carbocycles. The second-order valence-electron chi connectivity index (χ2n) is 5.91. The third-order valence-corrected chi connectivity index (χ3v) is 4.62. The number of carbonyl (C=O) groups excluding carboxylic acids is 3. The van der Waals surface area contributed by atoms with Crippen LogP contribution in [0.3, 0.4) is 0 Å². The van der Waals surface area contributed by atoms with E-state index in [-0.39, 0.29) is 43.0 Å². The minimum atomic E-state index is -0.396. The molecule has 1 atom stereocenters. The van der Waals surface area contributed by atoms with Gasteiger partial charge in [-0.05, 0) is 36.4 Å². The fourth-order valence-electron chi connectivity index (χ4n) is 2.75. The Hall–Kier alpha value is -2.61. The van der Waals surface area contributed by atoms with E-state index in [2.05, 4.69) is 26.6 Å². The fourth-order valence-corrected chi connectivity index (χ4v) is 3.02. The van der Waals surface area contributed by atoms with Gasteiger partial charge in [-0.1, -0.05) is 15.9 Å². The second kappa shape index (κ2) is 8.18. The number of benzene rings is 1. The number of hydrogen-bond acceptors (Lipinski definition) is 4. The number of amides is 3. The number of furan rings is 1. The summed E-state index contributed by atoms with van der Waals surface area (Å²) in [4.78, 5) is 37.8. The van der Waals surface area contributed by atoms with E-state index in [9.17, 15) is 14.4 Å². The Labute approximate surface area is 158 Å². The Balaban J connectivity index is 1.44. The zero-order valence-corrected chi connectivity index (χ0v) is 15.5. The molecular formula is C18H18BrN3O4. The van der Waals surface area contributed by atoms with E-state index in [1.807, 2.05) is 24.3 Å². The van der Waals surface area contributed by atoms with Crippen molar-refractivity contribution in [3.8, 4) is 0 Å². The minimum absolute atomic E-state index is 0.0707. The van der Waals surface area contributed by atoms with Crippen LogP contribution in [0.5, 0.6) is 0 Å². The maximum absolute atomic E-state index is 12.3. The molecule has 3 rings (SSSR count). The average molecular weight is 420 g/mol. The molecule has 136 valence electrons. The van der Waals surface area contributed by atoms with Crippen molar-refractivity contribution in [2.75, 3.05) is 24.5 Å². The monoisotopic (exact) mass is 419 g/mol. The molecule has 1 aliphatic rings. The Bertz CT molecular complexity index is 789. The van der Waals surface area contributed by atoms with E-state index >= 15 is 0 Å². The van der Waals surface area contributed by atoms with Crippen LogP contribution in [-0.2, 0) is 9.59 Å².